The van der Waals surface area contributed by atoms with Crippen LogP contribution >= 0.6 is 0 Å². The van der Waals surface area contributed by atoms with E-state index in [1.54, 1.807) is 7.11 Å². The van der Waals surface area contributed by atoms with Crippen LogP contribution in [0.3, 0.4) is 0 Å². The van der Waals surface area contributed by atoms with E-state index in [0.717, 1.165) is 6.42 Å². The molecule has 1 rings (SSSR count). The number of rotatable bonds is 8. The summed E-state index contributed by atoms with van der Waals surface area (Å²) in [5.74, 6) is 0. The van der Waals surface area contributed by atoms with Crippen LogP contribution in [0.5, 0.6) is 0 Å². The Bertz CT molecular complexity index is 150. The molecule has 0 saturated carbocycles. The predicted molar refractivity (Wildman–Crippen MR) is 59.9 cm³/mol. The van der Waals surface area contributed by atoms with Gasteiger partial charge in [0, 0.05) is 7.11 Å². The molecule has 0 aromatic rings. The van der Waals surface area contributed by atoms with Crippen LogP contribution in [0, 0.1) is 0 Å². The third-order valence-corrected chi connectivity index (χ3v) is 2.71. The molecule has 15 heavy (non-hydrogen) atoms. The molecule has 0 radical (unpaired) electrons. The van der Waals surface area contributed by atoms with Crippen LogP contribution < -0.4 is 0 Å². The Labute approximate surface area is 93.1 Å². The van der Waals surface area contributed by atoms with Crippen molar-refractivity contribution in [3.8, 4) is 0 Å². The smallest absolute Gasteiger partial charge is 0.158 e. The van der Waals surface area contributed by atoms with E-state index in [1.165, 1.54) is 32.1 Å². The molecule has 0 N–H and O–H groups in total. The van der Waals surface area contributed by atoms with E-state index in [-0.39, 0.29) is 12.4 Å². The second kappa shape index (κ2) is 8.08. The summed E-state index contributed by atoms with van der Waals surface area (Å²) in [7, 11) is 1.70. The maximum atomic E-state index is 5.66. The van der Waals surface area contributed by atoms with E-state index in [9.17, 15) is 0 Å². The second-order valence-corrected chi connectivity index (χ2v) is 4.18. The molecule has 0 amide bonds. The molecule has 2 atom stereocenters. The van der Waals surface area contributed by atoms with Gasteiger partial charge in [-0.3, -0.25) is 0 Å². The molecule has 1 heterocycles. The normalized spacial score (nSPS) is 26.0. The molecule has 1 aliphatic rings. The van der Waals surface area contributed by atoms with Gasteiger partial charge in [0.05, 0.1) is 13.2 Å². The molecule has 0 aliphatic carbocycles. The minimum atomic E-state index is 0.0202. The highest BCUT2D eigenvalue weighted by Gasteiger charge is 2.24. The van der Waals surface area contributed by atoms with Gasteiger partial charge in [0.1, 0.15) is 6.10 Å². The topological polar surface area (TPSA) is 27.7 Å². The average molecular weight is 216 g/mol. The number of hydrogen-bond acceptors (Lipinski definition) is 3. The van der Waals surface area contributed by atoms with Gasteiger partial charge in [-0.25, -0.2) is 0 Å². The zero-order chi connectivity index (χ0) is 10.9. The van der Waals surface area contributed by atoms with Gasteiger partial charge in [-0.05, 0) is 12.8 Å². The summed E-state index contributed by atoms with van der Waals surface area (Å²) >= 11 is 0. The van der Waals surface area contributed by atoms with Gasteiger partial charge >= 0.3 is 0 Å². The summed E-state index contributed by atoms with van der Waals surface area (Å²) in [5.41, 5.74) is 0. The van der Waals surface area contributed by atoms with Gasteiger partial charge in [0.25, 0.3) is 0 Å². The number of unbranched alkanes of at least 4 members (excludes halogenated alkanes) is 4. The minimum Gasteiger partial charge on any atom is -0.382 e. The van der Waals surface area contributed by atoms with Crippen LogP contribution in [-0.4, -0.2) is 32.7 Å². The van der Waals surface area contributed by atoms with E-state index in [2.05, 4.69) is 6.92 Å². The fraction of sp³-hybridized carbons (Fsp3) is 1.00. The molecular weight excluding hydrogens is 192 g/mol. The van der Waals surface area contributed by atoms with Crippen molar-refractivity contribution in [2.45, 2.75) is 57.8 Å². The van der Waals surface area contributed by atoms with Crippen molar-refractivity contribution in [3.63, 3.8) is 0 Å². The van der Waals surface area contributed by atoms with E-state index in [1.807, 2.05) is 0 Å². The SMILES string of the molecule is CCCCCCC[C@@H]1OC[C@@H](COC)O1. The molecule has 0 aromatic heterocycles. The highest BCUT2D eigenvalue weighted by atomic mass is 16.7. The monoisotopic (exact) mass is 216 g/mol. The van der Waals surface area contributed by atoms with Gasteiger partial charge in [-0.2, -0.15) is 0 Å². The Morgan fingerprint density at radius 3 is 2.73 bits per heavy atom. The molecular formula is C12H24O3. The Balaban J connectivity index is 1.94. The minimum absolute atomic E-state index is 0.0202. The first-order valence-corrected chi connectivity index (χ1v) is 6.12. The van der Waals surface area contributed by atoms with E-state index in [0.29, 0.717) is 13.2 Å². The van der Waals surface area contributed by atoms with Crippen molar-refractivity contribution in [1.82, 2.24) is 0 Å². The standard InChI is InChI=1S/C12H24O3/c1-3-4-5-6-7-8-12-14-10-11(15-12)9-13-2/h11-12H,3-10H2,1-2H3/t11-,12-/m1/s1. The fourth-order valence-electron chi connectivity index (χ4n) is 1.85. The molecule has 90 valence electrons. The number of hydrogen-bond donors (Lipinski definition) is 0. The van der Waals surface area contributed by atoms with Crippen molar-refractivity contribution < 1.29 is 14.2 Å². The lowest BCUT2D eigenvalue weighted by Crippen LogP contribution is -2.17. The summed E-state index contributed by atoms with van der Waals surface area (Å²) in [6.45, 7) is 3.57. The van der Waals surface area contributed by atoms with Crippen LogP contribution in [0.25, 0.3) is 0 Å². The predicted octanol–water partition coefficient (Wildman–Crippen LogP) is 2.73. The summed E-state index contributed by atoms with van der Waals surface area (Å²) < 4.78 is 16.2. The molecule has 1 fully saturated rings. The Morgan fingerprint density at radius 2 is 2.00 bits per heavy atom. The fourth-order valence-corrected chi connectivity index (χ4v) is 1.85. The third kappa shape index (κ3) is 5.50. The van der Waals surface area contributed by atoms with Crippen LogP contribution in [0.15, 0.2) is 0 Å². The summed E-state index contributed by atoms with van der Waals surface area (Å²) in [4.78, 5) is 0. The van der Waals surface area contributed by atoms with Gasteiger partial charge in [0.15, 0.2) is 6.29 Å². The lowest BCUT2D eigenvalue weighted by Gasteiger charge is -2.10. The van der Waals surface area contributed by atoms with Crippen molar-refractivity contribution in [2.24, 2.45) is 0 Å². The average Bonchev–Trinajstić information content (AvgIpc) is 2.66. The first-order chi connectivity index (χ1) is 7.36. The summed E-state index contributed by atoms with van der Waals surface area (Å²) in [6.07, 6.45) is 7.69. The first-order valence-electron chi connectivity index (χ1n) is 6.12. The highest BCUT2D eigenvalue weighted by Crippen LogP contribution is 2.18. The molecule has 1 saturated heterocycles. The molecule has 3 heteroatoms. The molecule has 1 aliphatic heterocycles. The Hall–Kier alpha value is -0.120. The first kappa shape index (κ1) is 12.9. The molecule has 0 bridgehead atoms. The summed E-state index contributed by atoms with van der Waals surface area (Å²) in [5, 5.41) is 0. The number of methoxy groups -OCH3 is 1. The van der Waals surface area contributed by atoms with Crippen LogP contribution in [-0.2, 0) is 14.2 Å². The van der Waals surface area contributed by atoms with Crippen molar-refractivity contribution in [1.29, 1.82) is 0 Å². The van der Waals surface area contributed by atoms with Crippen molar-refractivity contribution in [2.75, 3.05) is 20.3 Å². The zero-order valence-corrected chi connectivity index (χ0v) is 10.0. The largest absolute Gasteiger partial charge is 0.382 e. The lowest BCUT2D eigenvalue weighted by atomic mass is 10.1. The third-order valence-electron chi connectivity index (χ3n) is 2.71. The maximum Gasteiger partial charge on any atom is 0.158 e. The number of ether oxygens (including phenoxy) is 3. The molecule has 0 spiro atoms. The highest BCUT2D eigenvalue weighted by molar-refractivity contribution is 4.64. The van der Waals surface area contributed by atoms with Crippen molar-refractivity contribution in [3.05, 3.63) is 0 Å². The van der Waals surface area contributed by atoms with E-state index >= 15 is 0 Å². The van der Waals surface area contributed by atoms with E-state index < -0.39 is 0 Å². The van der Waals surface area contributed by atoms with E-state index in [4.69, 9.17) is 14.2 Å². The van der Waals surface area contributed by atoms with Crippen LogP contribution in [0.4, 0.5) is 0 Å². The van der Waals surface area contributed by atoms with Gasteiger partial charge in [-0.1, -0.05) is 32.6 Å². The molecule has 0 aromatic carbocycles. The maximum absolute atomic E-state index is 5.66. The Kier molecular flexibility index (Phi) is 6.98. The van der Waals surface area contributed by atoms with Gasteiger partial charge < -0.3 is 14.2 Å². The molecule has 0 unspecified atom stereocenters. The second-order valence-electron chi connectivity index (χ2n) is 4.18. The van der Waals surface area contributed by atoms with Crippen LogP contribution in [0.1, 0.15) is 45.4 Å². The Morgan fingerprint density at radius 1 is 1.20 bits per heavy atom. The van der Waals surface area contributed by atoms with Gasteiger partial charge in [0.2, 0.25) is 0 Å². The van der Waals surface area contributed by atoms with Crippen LogP contribution in [0.2, 0.25) is 0 Å². The quantitative estimate of drug-likeness (QED) is 0.584. The van der Waals surface area contributed by atoms with Gasteiger partial charge in [-0.15, -0.1) is 0 Å². The molecule has 3 nitrogen and oxygen atoms in total. The zero-order valence-electron chi connectivity index (χ0n) is 10.0. The summed E-state index contributed by atoms with van der Waals surface area (Å²) in [6, 6.07) is 0. The lowest BCUT2D eigenvalue weighted by molar-refractivity contribution is -0.0728. The van der Waals surface area contributed by atoms with Crippen molar-refractivity contribution >= 4 is 0 Å².